The minimum Gasteiger partial charge on any atom is -0.376 e. The van der Waals surface area contributed by atoms with Crippen molar-refractivity contribution >= 4 is 23.4 Å². The number of carbonyl (C=O) groups is 3. The summed E-state index contributed by atoms with van der Waals surface area (Å²) in [5.74, 6) is -1.15. The third kappa shape index (κ3) is 1.84. The lowest BCUT2D eigenvalue weighted by Gasteiger charge is -2.04. The van der Waals surface area contributed by atoms with Crippen molar-refractivity contribution < 1.29 is 14.4 Å². The predicted molar refractivity (Wildman–Crippen MR) is 60.6 cm³/mol. The lowest BCUT2D eigenvalue weighted by molar-refractivity contribution is -0.116. The Morgan fingerprint density at radius 3 is 2.59 bits per heavy atom. The lowest BCUT2D eigenvalue weighted by Crippen LogP contribution is -2.24. The Morgan fingerprint density at radius 2 is 1.94 bits per heavy atom. The number of rotatable bonds is 3. The zero-order valence-corrected chi connectivity index (χ0v) is 9.19. The van der Waals surface area contributed by atoms with Crippen LogP contribution in [0.2, 0.25) is 0 Å². The number of carbonyl (C=O) groups excluding carboxylic acids is 3. The fourth-order valence-corrected chi connectivity index (χ4v) is 1.66. The Bertz CT molecular complexity index is 525. The molecule has 0 bridgehead atoms. The first-order chi connectivity index (χ1) is 8.00. The highest BCUT2D eigenvalue weighted by atomic mass is 16.2. The third-order valence-electron chi connectivity index (χ3n) is 2.56. The number of fused-ring (bicyclic) bond motifs is 1. The number of hydrogen-bond donors (Lipinski definition) is 2. The van der Waals surface area contributed by atoms with E-state index >= 15 is 0 Å². The monoisotopic (exact) mass is 233 g/mol. The molecule has 0 atom stereocenters. The molecule has 0 saturated heterocycles. The summed E-state index contributed by atoms with van der Waals surface area (Å²) in [6.07, 6.45) is 0. The molecule has 0 unspecified atom stereocenters. The maximum atomic E-state index is 11.7. The molecule has 0 saturated carbocycles. The first-order valence-electron chi connectivity index (χ1n) is 4.99. The molecule has 88 valence electrons. The van der Waals surface area contributed by atoms with E-state index in [0.29, 0.717) is 16.8 Å². The second kappa shape index (κ2) is 3.89. The van der Waals surface area contributed by atoms with Crippen LogP contribution < -0.4 is 11.1 Å². The third-order valence-corrected chi connectivity index (χ3v) is 2.56. The molecule has 3 N–H and O–H groups in total. The highest BCUT2D eigenvalue weighted by molar-refractivity contribution is 6.21. The molecule has 1 heterocycles. The van der Waals surface area contributed by atoms with Gasteiger partial charge in [0.05, 0.1) is 17.7 Å². The number of amides is 3. The Balaban J connectivity index is 2.30. The number of anilines is 1. The summed E-state index contributed by atoms with van der Waals surface area (Å²) >= 11 is 0. The van der Waals surface area contributed by atoms with Gasteiger partial charge < -0.3 is 11.1 Å². The molecule has 6 nitrogen and oxygen atoms in total. The molecular formula is C11H11N3O3. The number of primary amides is 1. The van der Waals surface area contributed by atoms with E-state index in [1.165, 1.54) is 7.05 Å². The van der Waals surface area contributed by atoms with Crippen LogP contribution in [0.3, 0.4) is 0 Å². The molecule has 0 fully saturated rings. The van der Waals surface area contributed by atoms with Crippen molar-refractivity contribution in [3.8, 4) is 0 Å². The van der Waals surface area contributed by atoms with Gasteiger partial charge in [0, 0.05) is 12.7 Å². The number of nitrogens with zero attached hydrogens (tertiary/aromatic N) is 1. The van der Waals surface area contributed by atoms with Gasteiger partial charge in [0.15, 0.2) is 0 Å². The van der Waals surface area contributed by atoms with Crippen LogP contribution in [0, 0.1) is 0 Å². The maximum absolute atomic E-state index is 11.7. The van der Waals surface area contributed by atoms with Crippen LogP contribution in [0.15, 0.2) is 18.2 Å². The maximum Gasteiger partial charge on any atom is 0.261 e. The number of nitrogens with one attached hydrogen (secondary N) is 1. The van der Waals surface area contributed by atoms with Crippen molar-refractivity contribution in [1.29, 1.82) is 0 Å². The summed E-state index contributed by atoms with van der Waals surface area (Å²) in [5.41, 5.74) is 6.29. The number of benzene rings is 1. The van der Waals surface area contributed by atoms with Gasteiger partial charge in [-0.2, -0.15) is 0 Å². The second-order valence-corrected chi connectivity index (χ2v) is 3.75. The smallest absolute Gasteiger partial charge is 0.261 e. The Kier molecular flexibility index (Phi) is 2.55. The van der Waals surface area contributed by atoms with Gasteiger partial charge in [0.25, 0.3) is 11.8 Å². The molecule has 6 heteroatoms. The van der Waals surface area contributed by atoms with Crippen molar-refractivity contribution in [1.82, 2.24) is 4.90 Å². The molecule has 0 aromatic heterocycles. The molecule has 0 spiro atoms. The average molecular weight is 233 g/mol. The summed E-state index contributed by atoms with van der Waals surface area (Å²) in [5, 5.41) is 2.77. The summed E-state index contributed by atoms with van der Waals surface area (Å²) in [6.45, 7) is -0.0171. The summed E-state index contributed by atoms with van der Waals surface area (Å²) in [7, 11) is 1.43. The topological polar surface area (TPSA) is 92.5 Å². The highest BCUT2D eigenvalue weighted by Gasteiger charge is 2.32. The molecule has 2 rings (SSSR count). The van der Waals surface area contributed by atoms with Crippen LogP contribution in [0.1, 0.15) is 20.7 Å². The summed E-state index contributed by atoms with van der Waals surface area (Å²) in [4.78, 5) is 34.9. The van der Waals surface area contributed by atoms with Crippen LogP contribution in [0.4, 0.5) is 5.69 Å². The van der Waals surface area contributed by atoms with E-state index in [9.17, 15) is 14.4 Å². The Hall–Kier alpha value is -2.37. The minimum absolute atomic E-state index is 0.0171. The molecule has 3 amide bonds. The van der Waals surface area contributed by atoms with Gasteiger partial charge in [0.1, 0.15) is 0 Å². The van der Waals surface area contributed by atoms with Crippen molar-refractivity contribution in [3.05, 3.63) is 29.3 Å². The summed E-state index contributed by atoms with van der Waals surface area (Å²) in [6, 6.07) is 4.73. The van der Waals surface area contributed by atoms with E-state index in [4.69, 9.17) is 5.73 Å². The first kappa shape index (κ1) is 11.1. The minimum atomic E-state index is -0.495. The summed E-state index contributed by atoms with van der Waals surface area (Å²) < 4.78 is 0. The molecular weight excluding hydrogens is 222 g/mol. The van der Waals surface area contributed by atoms with Crippen LogP contribution in [-0.4, -0.2) is 36.2 Å². The fraction of sp³-hybridized carbons (Fsp3) is 0.182. The van der Waals surface area contributed by atoms with Gasteiger partial charge in [-0.25, -0.2) is 0 Å². The van der Waals surface area contributed by atoms with E-state index in [1.54, 1.807) is 18.2 Å². The predicted octanol–water partition coefficient (Wildman–Crippen LogP) is -0.190. The van der Waals surface area contributed by atoms with E-state index in [-0.39, 0.29) is 18.4 Å². The Morgan fingerprint density at radius 1 is 1.29 bits per heavy atom. The van der Waals surface area contributed by atoms with Crippen molar-refractivity contribution in [3.63, 3.8) is 0 Å². The van der Waals surface area contributed by atoms with E-state index in [2.05, 4.69) is 5.32 Å². The van der Waals surface area contributed by atoms with E-state index < -0.39 is 5.91 Å². The van der Waals surface area contributed by atoms with Crippen molar-refractivity contribution in [2.24, 2.45) is 5.73 Å². The number of hydrogen-bond acceptors (Lipinski definition) is 4. The zero-order valence-electron chi connectivity index (χ0n) is 9.19. The van der Waals surface area contributed by atoms with Crippen LogP contribution in [0.25, 0.3) is 0 Å². The molecule has 17 heavy (non-hydrogen) atoms. The van der Waals surface area contributed by atoms with E-state index in [1.807, 2.05) is 0 Å². The van der Waals surface area contributed by atoms with Gasteiger partial charge in [-0.3, -0.25) is 19.3 Å². The number of nitrogens with two attached hydrogens (primary N) is 1. The number of imide groups is 1. The standard InChI is InChI=1S/C11H11N3O3/c1-14-10(16)7-3-2-6(13-5-9(12)15)4-8(7)11(14)17/h2-4,13H,5H2,1H3,(H2,12,15). The van der Waals surface area contributed by atoms with E-state index in [0.717, 1.165) is 4.90 Å². The molecule has 0 aliphatic carbocycles. The van der Waals surface area contributed by atoms with Gasteiger partial charge >= 0.3 is 0 Å². The first-order valence-corrected chi connectivity index (χ1v) is 4.99. The quantitative estimate of drug-likeness (QED) is 0.708. The average Bonchev–Trinajstić information content (AvgIpc) is 2.52. The second-order valence-electron chi connectivity index (χ2n) is 3.75. The zero-order chi connectivity index (χ0) is 12.6. The SMILES string of the molecule is CN1C(=O)c2ccc(NCC(N)=O)cc2C1=O. The lowest BCUT2D eigenvalue weighted by atomic mass is 10.1. The fourth-order valence-electron chi connectivity index (χ4n) is 1.66. The molecule has 1 aromatic carbocycles. The normalized spacial score (nSPS) is 13.8. The largest absolute Gasteiger partial charge is 0.376 e. The Labute approximate surface area is 97.4 Å². The molecule has 1 aliphatic heterocycles. The van der Waals surface area contributed by atoms with Crippen LogP contribution >= 0.6 is 0 Å². The van der Waals surface area contributed by atoms with Gasteiger partial charge in [-0.15, -0.1) is 0 Å². The highest BCUT2D eigenvalue weighted by Crippen LogP contribution is 2.24. The van der Waals surface area contributed by atoms with Crippen LogP contribution in [0.5, 0.6) is 0 Å². The van der Waals surface area contributed by atoms with Gasteiger partial charge in [-0.1, -0.05) is 0 Å². The van der Waals surface area contributed by atoms with Gasteiger partial charge in [0.2, 0.25) is 5.91 Å². The molecule has 0 radical (unpaired) electrons. The molecule has 1 aromatic rings. The van der Waals surface area contributed by atoms with Crippen LogP contribution in [-0.2, 0) is 4.79 Å². The van der Waals surface area contributed by atoms with Gasteiger partial charge in [-0.05, 0) is 18.2 Å². The van der Waals surface area contributed by atoms with Crippen molar-refractivity contribution in [2.75, 3.05) is 18.9 Å². The van der Waals surface area contributed by atoms with Crippen molar-refractivity contribution in [2.45, 2.75) is 0 Å². The molecule has 1 aliphatic rings.